The number of aromatic nitrogens is 1. The monoisotopic (exact) mass is 204 g/mol. The van der Waals surface area contributed by atoms with Crippen molar-refractivity contribution in [3.63, 3.8) is 0 Å². The number of rotatable bonds is 1. The number of nitrogens with two attached hydrogens (primary N) is 1. The third-order valence-corrected chi connectivity index (χ3v) is 3.71. The fourth-order valence-corrected chi connectivity index (χ4v) is 2.53. The van der Waals surface area contributed by atoms with Gasteiger partial charge in [-0.05, 0) is 62.6 Å². The molecule has 0 aliphatic heterocycles. The Labute approximate surface area is 91.9 Å². The summed E-state index contributed by atoms with van der Waals surface area (Å²) in [6.07, 6.45) is 6.76. The summed E-state index contributed by atoms with van der Waals surface area (Å²) >= 11 is 0. The second-order valence-electron chi connectivity index (χ2n) is 4.72. The molecule has 0 spiro atoms. The highest BCUT2D eigenvalue weighted by molar-refractivity contribution is 5.31. The molecule has 1 aliphatic rings. The van der Waals surface area contributed by atoms with Crippen LogP contribution >= 0.6 is 0 Å². The number of aryl methyl sites for hydroxylation is 1. The molecule has 1 aliphatic carbocycles. The molecular weight excluding hydrogens is 184 g/mol. The Morgan fingerprint density at radius 1 is 1.20 bits per heavy atom. The van der Waals surface area contributed by atoms with Crippen molar-refractivity contribution >= 4 is 0 Å². The molecule has 2 N–H and O–H groups in total. The summed E-state index contributed by atoms with van der Waals surface area (Å²) in [7, 11) is 0. The van der Waals surface area contributed by atoms with E-state index >= 15 is 0 Å². The minimum atomic E-state index is 0.435. The van der Waals surface area contributed by atoms with Crippen molar-refractivity contribution in [2.24, 2.45) is 5.73 Å². The largest absolute Gasteiger partial charge is 0.328 e. The molecule has 2 rings (SSSR count). The van der Waals surface area contributed by atoms with E-state index in [9.17, 15) is 0 Å². The third kappa shape index (κ3) is 2.20. The van der Waals surface area contributed by atoms with Crippen LogP contribution in [-0.2, 0) is 0 Å². The van der Waals surface area contributed by atoms with Crippen LogP contribution in [0.15, 0.2) is 12.3 Å². The Bertz CT molecular complexity index is 338. The van der Waals surface area contributed by atoms with Crippen LogP contribution in [0.3, 0.4) is 0 Å². The van der Waals surface area contributed by atoms with E-state index in [4.69, 9.17) is 5.73 Å². The summed E-state index contributed by atoms with van der Waals surface area (Å²) in [6, 6.07) is 2.62. The summed E-state index contributed by atoms with van der Waals surface area (Å²) < 4.78 is 0. The third-order valence-electron chi connectivity index (χ3n) is 3.71. The van der Waals surface area contributed by atoms with Crippen LogP contribution in [0.4, 0.5) is 0 Å². The molecule has 1 aromatic heterocycles. The Balaban J connectivity index is 2.19. The lowest BCUT2D eigenvalue weighted by molar-refractivity contribution is 0.394. The van der Waals surface area contributed by atoms with Gasteiger partial charge in [0.05, 0.1) is 0 Å². The number of hydrogen-bond donors (Lipinski definition) is 1. The summed E-state index contributed by atoms with van der Waals surface area (Å²) in [4.78, 5) is 4.32. The van der Waals surface area contributed by atoms with Gasteiger partial charge >= 0.3 is 0 Å². The maximum atomic E-state index is 5.93. The maximum Gasteiger partial charge on any atom is 0.0404 e. The summed E-state index contributed by atoms with van der Waals surface area (Å²) in [5, 5.41) is 0. The second kappa shape index (κ2) is 4.31. The van der Waals surface area contributed by atoms with E-state index in [1.54, 1.807) is 0 Å². The Kier molecular flexibility index (Phi) is 3.06. The zero-order valence-corrected chi connectivity index (χ0v) is 9.66. The quantitative estimate of drug-likeness (QED) is 0.764. The van der Waals surface area contributed by atoms with Crippen LogP contribution in [0.5, 0.6) is 0 Å². The van der Waals surface area contributed by atoms with Gasteiger partial charge < -0.3 is 5.73 Å². The van der Waals surface area contributed by atoms with Gasteiger partial charge in [-0.15, -0.1) is 0 Å². The Morgan fingerprint density at radius 3 is 2.53 bits per heavy atom. The lowest BCUT2D eigenvalue weighted by atomic mass is 9.80. The lowest BCUT2D eigenvalue weighted by Crippen LogP contribution is -2.26. The van der Waals surface area contributed by atoms with Crippen LogP contribution in [0.2, 0.25) is 0 Å². The van der Waals surface area contributed by atoms with Crippen molar-refractivity contribution in [1.82, 2.24) is 4.98 Å². The first kappa shape index (κ1) is 10.6. The summed E-state index contributed by atoms with van der Waals surface area (Å²) in [5.74, 6) is 0.714. The molecule has 0 radical (unpaired) electrons. The lowest BCUT2D eigenvalue weighted by Gasteiger charge is -2.27. The molecule has 1 saturated carbocycles. The molecule has 0 unspecified atom stereocenters. The van der Waals surface area contributed by atoms with Gasteiger partial charge in [0.25, 0.3) is 0 Å². The summed E-state index contributed by atoms with van der Waals surface area (Å²) in [5.41, 5.74) is 9.97. The zero-order chi connectivity index (χ0) is 10.8. The first-order valence-corrected chi connectivity index (χ1v) is 5.86. The first-order chi connectivity index (χ1) is 7.18. The van der Waals surface area contributed by atoms with Crippen molar-refractivity contribution in [2.45, 2.75) is 51.5 Å². The molecule has 82 valence electrons. The van der Waals surface area contributed by atoms with Gasteiger partial charge in [-0.1, -0.05) is 0 Å². The predicted octanol–water partition coefficient (Wildman–Crippen LogP) is 2.68. The van der Waals surface area contributed by atoms with E-state index < -0.39 is 0 Å². The van der Waals surface area contributed by atoms with Gasteiger partial charge in [0.15, 0.2) is 0 Å². The smallest absolute Gasteiger partial charge is 0.0404 e. The molecule has 1 fully saturated rings. The molecule has 1 heterocycles. The van der Waals surface area contributed by atoms with Crippen LogP contribution < -0.4 is 5.73 Å². The van der Waals surface area contributed by atoms with Gasteiger partial charge in [0.2, 0.25) is 0 Å². The Hall–Kier alpha value is -0.890. The van der Waals surface area contributed by atoms with Crippen molar-refractivity contribution in [2.75, 3.05) is 0 Å². The van der Waals surface area contributed by atoms with E-state index in [2.05, 4.69) is 24.9 Å². The standard InChI is InChI=1S/C13H20N2/c1-9-10(2)15-8-7-13(9)11-3-5-12(14)6-4-11/h7-8,11-12H,3-6,14H2,1-2H3. The molecule has 0 bridgehead atoms. The molecular formula is C13H20N2. The second-order valence-corrected chi connectivity index (χ2v) is 4.72. The van der Waals surface area contributed by atoms with Crippen molar-refractivity contribution in [3.8, 4) is 0 Å². The van der Waals surface area contributed by atoms with Gasteiger partial charge in [-0.3, -0.25) is 4.98 Å². The predicted molar refractivity (Wildman–Crippen MR) is 62.9 cm³/mol. The van der Waals surface area contributed by atoms with E-state index in [0.717, 1.165) is 0 Å². The van der Waals surface area contributed by atoms with Crippen molar-refractivity contribution in [1.29, 1.82) is 0 Å². The highest BCUT2D eigenvalue weighted by Gasteiger charge is 2.21. The number of pyridine rings is 1. The number of hydrogen-bond acceptors (Lipinski definition) is 2. The first-order valence-electron chi connectivity index (χ1n) is 5.86. The molecule has 2 nitrogen and oxygen atoms in total. The highest BCUT2D eigenvalue weighted by atomic mass is 14.7. The molecule has 0 saturated heterocycles. The fourth-order valence-electron chi connectivity index (χ4n) is 2.53. The zero-order valence-electron chi connectivity index (χ0n) is 9.66. The van der Waals surface area contributed by atoms with Crippen molar-refractivity contribution in [3.05, 3.63) is 29.1 Å². The minimum Gasteiger partial charge on any atom is -0.328 e. The molecule has 0 atom stereocenters. The Morgan fingerprint density at radius 2 is 1.87 bits per heavy atom. The van der Waals surface area contributed by atoms with Gasteiger partial charge in [-0.25, -0.2) is 0 Å². The normalized spacial score (nSPS) is 26.6. The van der Waals surface area contributed by atoms with E-state index in [-0.39, 0.29) is 0 Å². The number of nitrogens with zero attached hydrogens (tertiary/aromatic N) is 1. The highest BCUT2D eigenvalue weighted by Crippen LogP contribution is 2.34. The average Bonchev–Trinajstić information content (AvgIpc) is 2.24. The van der Waals surface area contributed by atoms with E-state index in [1.807, 2.05) is 6.20 Å². The van der Waals surface area contributed by atoms with E-state index in [1.165, 1.54) is 42.5 Å². The van der Waals surface area contributed by atoms with Crippen molar-refractivity contribution < 1.29 is 0 Å². The van der Waals surface area contributed by atoms with Gasteiger partial charge in [-0.2, -0.15) is 0 Å². The molecule has 2 heteroatoms. The van der Waals surface area contributed by atoms with Crippen LogP contribution in [0.1, 0.15) is 48.4 Å². The molecule has 1 aromatic rings. The van der Waals surface area contributed by atoms with Crippen LogP contribution in [-0.4, -0.2) is 11.0 Å². The molecule has 0 aromatic carbocycles. The maximum absolute atomic E-state index is 5.93. The molecule has 0 amide bonds. The minimum absolute atomic E-state index is 0.435. The summed E-state index contributed by atoms with van der Waals surface area (Å²) in [6.45, 7) is 4.28. The topological polar surface area (TPSA) is 38.9 Å². The van der Waals surface area contributed by atoms with Crippen LogP contribution in [0.25, 0.3) is 0 Å². The average molecular weight is 204 g/mol. The van der Waals surface area contributed by atoms with Crippen LogP contribution in [0, 0.1) is 13.8 Å². The van der Waals surface area contributed by atoms with Gasteiger partial charge in [0.1, 0.15) is 0 Å². The van der Waals surface area contributed by atoms with E-state index in [0.29, 0.717) is 12.0 Å². The SMILES string of the molecule is Cc1nccc(C2CCC(N)CC2)c1C. The fraction of sp³-hybridized carbons (Fsp3) is 0.615. The van der Waals surface area contributed by atoms with Gasteiger partial charge in [0, 0.05) is 17.9 Å². The molecule has 15 heavy (non-hydrogen) atoms.